The number of hydrogen-bond acceptors (Lipinski definition) is 1. The molecule has 0 aromatic carbocycles. The Hall–Kier alpha value is -0.0400. The zero-order valence-electron chi connectivity index (χ0n) is 9.89. The maximum absolute atomic E-state index is 9.23. The van der Waals surface area contributed by atoms with Gasteiger partial charge in [-0.05, 0) is 28.6 Å². The Kier molecular flexibility index (Phi) is 2.53. The van der Waals surface area contributed by atoms with Crippen LogP contribution in [-0.2, 0) is 0 Å². The summed E-state index contributed by atoms with van der Waals surface area (Å²) in [5.41, 5.74) is 0.729. The van der Waals surface area contributed by atoms with Crippen LogP contribution in [0.1, 0.15) is 41.5 Å². The molecule has 1 fully saturated rings. The van der Waals surface area contributed by atoms with Crippen molar-refractivity contribution in [2.45, 2.75) is 41.5 Å². The fourth-order valence-electron chi connectivity index (χ4n) is 2.67. The van der Waals surface area contributed by atoms with E-state index in [-0.39, 0.29) is 0 Å². The second-order valence-corrected chi connectivity index (χ2v) is 6.29. The molecule has 0 aromatic rings. The molecule has 0 bridgehead atoms. The zero-order chi connectivity index (χ0) is 10.4. The van der Waals surface area contributed by atoms with E-state index in [9.17, 15) is 5.11 Å². The molecule has 3 unspecified atom stereocenters. The van der Waals surface area contributed by atoms with E-state index in [2.05, 4.69) is 41.5 Å². The number of hydrogen-bond donors (Lipinski definition) is 1. The van der Waals surface area contributed by atoms with Crippen LogP contribution in [0.5, 0.6) is 0 Å². The third kappa shape index (κ3) is 1.76. The van der Waals surface area contributed by atoms with Crippen LogP contribution < -0.4 is 0 Å². The van der Waals surface area contributed by atoms with E-state index in [4.69, 9.17) is 0 Å². The van der Waals surface area contributed by atoms with Gasteiger partial charge in [-0.15, -0.1) is 0 Å². The average molecular weight is 184 g/mol. The SMILES string of the molecule is CC(C1C(CO)C1(C)C)C(C)(C)C. The summed E-state index contributed by atoms with van der Waals surface area (Å²) >= 11 is 0. The first-order chi connectivity index (χ1) is 5.73. The van der Waals surface area contributed by atoms with Crippen LogP contribution in [0.4, 0.5) is 0 Å². The van der Waals surface area contributed by atoms with Gasteiger partial charge in [-0.3, -0.25) is 0 Å². The molecule has 0 amide bonds. The van der Waals surface area contributed by atoms with Gasteiger partial charge in [0.15, 0.2) is 0 Å². The van der Waals surface area contributed by atoms with E-state index in [1.54, 1.807) is 0 Å². The highest BCUT2D eigenvalue weighted by Gasteiger charge is 2.60. The molecule has 1 aliphatic carbocycles. The van der Waals surface area contributed by atoms with Gasteiger partial charge in [-0.2, -0.15) is 0 Å². The van der Waals surface area contributed by atoms with Crippen LogP contribution in [0.2, 0.25) is 0 Å². The predicted molar refractivity (Wildman–Crippen MR) is 56.5 cm³/mol. The molecule has 1 heteroatoms. The van der Waals surface area contributed by atoms with Crippen LogP contribution in [0.3, 0.4) is 0 Å². The lowest BCUT2D eigenvalue weighted by Crippen LogP contribution is -2.21. The lowest BCUT2D eigenvalue weighted by molar-refractivity contribution is 0.196. The highest BCUT2D eigenvalue weighted by atomic mass is 16.3. The Morgan fingerprint density at radius 1 is 1.31 bits per heavy atom. The molecule has 0 heterocycles. The van der Waals surface area contributed by atoms with Crippen molar-refractivity contribution >= 4 is 0 Å². The highest BCUT2D eigenvalue weighted by Crippen LogP contribution is 2.64. The number of rotatable bonds is 2. The minimum atomic E-state index is 0.359. The average Bonchev–Trinajstić information content (AvgIpc) is 2.49. The Morgan fingerprint density at radius 3 is 2.00 bits per heavy atom. The van der Waals surface area contributed by atoms with Crippen molar-refractivity contribution in [2.24, 2.45) is 28.6 Å². The minimum Gasteiger partial charge on any atom is -0.396 e. The molecule has 1 N–H and O–H groups in total. The Morgan fingerprint density at radius 2 is 1.77 bits per heavy atom. The third-order valence-corrected chi connectivity index (χ3v) is 4.24. The Labute approximate surface area is 82.5 Å². The van der Waals surface area contributed by atoms with Gasteiger partial charge in [-0.1, -0.05) is 41.5 Å². The van der Waals surface area contributed by atoms with E-state index in [1.165, 1.54) is 0 Å². The summed E-state index contributed by atoms with van der Waals surface area (Å²) in [7, 11) is 0. The summed E-state index contributed by atoms with van der Waals surface area (Å²) in [4.78, 5) is 0. The molecule has 0 aromatic heterocycles. The fourth-order valence-corrected chi connectivity index (χ4v) is 2.67. The van der Waals surface area contributed by atoms with Gasteiger partial charge in [-0.25, -0.2) is 0 Å². The van der Waals surface area contributed by atoms with Gasteiger partial charge in [0.25, 0.3) is 0 Å². The predicted octanol–water partition coefficient (Wildman–Crippen LogP) is 2.93. The van der Waals surface area contributed by atoms with Crippen molar-refractivity contribution in [3.63, 3.8) is 0 Å². The standard InChI is InChI=1S/C12H24O/c1-8(11(2,3)4)10-9(7-13)12(10,5)6/h8-10,13H,7H2,1-6H3. The van der Waals surface area contributed by atoms with Crippen LogP contribution in [0.15, 0.2) is 0 Å². The van der Waals surface area contributed by atoms with E-state index in [1.807, 2.05) is 0 Å². The topological polar surface area (TPSA) is 20.2 Å². The normalized spacial score (nSPS) is 34.4. The second kappa shape index (κ2) is 2.98. The molecule has 0 saturated heterocycles. The van der Waals surface area contributed by atoms with Crippen LogP contribution >= 0.6 is 0 Å². The molecule has 78 valence electrons. The number of aliphatic hydroxyl groups excluding tert-OH is 1. The van der Waals surface area contributed by atoms with Crippen molar-refractivity contribution in [3.8, 4) is 0 Å². The highest BCUT2D eigenvalue weighted by molar-refractivity contribution is 5.08. The Balaban J connectivity index is 2.67. The van der Waals surface area contributed by atoms with Gasteiger partial charge in [0.2, 0.25) is 0 Å². The smallest absolute Gasteiger partial charge is 0.0467 e. The van der Waals surface area contributed by atoms with Gasteiger partial charge >= 0.3 is 0 Å². The molecular formula is C12H24O. The fraction of sp³-hybridized carbons (Fsp3) is 1.00. The molecular weight excluding hydrogens is 160 g/mol. The lowest BCUT2D eigenvalue weighted by atomic mass is 9.77. The van der Waals surface area contributed by atoms with Crippen molar-refractivity contribution in [1.29, 1.82) is 0 Å². The summed E-state index contributed by atoms with van der Waals surface area (Å²) in [6, 6.07) is 0. The first kappa shape index (κ1) is 11.0. The van der Waals surface area contributed by atoms with Gasteiger partial charge < -0.3 is 5.11 Å². The first-order valence-corrected chi connectivity index (χ1v) is 5.33. The Bertz CT molecular complexity index is 188. The monoisotopic (exact) mass is 184 g/mol. The summed E-state index contributed by atoms with van der Waals surface area (Å²) in [6.07, 6.45) is 0. The van der Waals surface area contributed by atoms with Crippen molar-refractivity contribution in [3.05, 3.63) is 0 Å². The molecule has 0 aliphatic heterocycles. The minimum absolute atomic E-state index is 0.359. The van der Waals surface area contributed by atoms with Gasteiger partial charge in [0.1, 0.15) is 0 Å². The lowest BCUT2D eigenvalue weighted by Gasteiger charge is -2.28. The quantitative estimate of drug-likeness (QED) is 0.699. The zero-order valence-corrected chi connectivity index (χ0v) is 9.89. The summed E-state index contributed by atoms with van der Waals surface area (Å²) in [6.45, 7) is 14.1. The van der Waals surface area contributed by atoms with Crippen molar-refractivity contribution < 1.29 is 5.11 Å². The van der Waals surface area contributed by atoms with E-state index in [0.717, 1.165) is 0 Å². The molecule has 3 atom stereocenters. The van der Waals surface area contributed by atoms with E-state index < -0.39 is 0 Å². The number of aliphatic hydroxyl groups is 1. The first-order valence-electron chi connectivity index (χ1n) is 5.33. The van der Waals surface area contributed by atoms with Crippen molar-refractivity contribution in [2.75, 3.05) is 6.61 Å². The van der Waals surface area contributed by atoms with Gasteiger partial charge in [0.05, 0.1) is 0 Å². The molecule has 1 aliphatic rings. The van der Waals surface area contributed by atoms with Crippen LogP contribution in [0, 0.1) is 28.6 Å². The summed E-state index contributed by atoms with van der Waals surface area (Å²) < 4.78 is 0. The van der Waals surface area contributed by atoms with Gasteiger partial charge in [0, 0.05) is 6.61 Å². The van der Waals surface area contributed by atoms with E-state index in [0.29, 0.717) is 35.2 Å². The largest absolute Gasteiger partial charge is 0.396 e. The molecule has 13 heavy (non-hydrogen) atoms. The van der Waals surface area contributed by atoms with Crippen molar-refractivity contribution in [1.82, 2.24) is 0 Å². The van der Waals surface area contributed by atoms with E-state index >= 15 is 0 Å². The molecule has 1 saturated carbocycles. The summed E-state index contributed by atoms with van der Waals surface area (Å²) in [5.74, 6) is 1.93. The maximum atomic E-state index is 9.23. The second-order valence-electron chi connectivity index (χ2n) is 6.29. The van der Waals surface area contributed by atoms with Crippen LogP contribution in [-0.4, -0.2) is 11.7 Å². The maximum Gasteiger partial charge on any atom is 0.0467 e. The molecule has 0 spiro atoms. The van der Waals surface area contributed by atoms with Crippen LogP contribution in [0.25, 0.3) is 0 Å². The summed E-state index contributed by atoms with van der Waals surface area (Å²) in [5, 5.41) is 9.23. The molecule has 1 nitrogen and oxygen atoms in total. The third-order valence-electron chi connectivity index (χ3n) is 4.24. The molecule has 1 rings (SSSR count). The molecule has 0 radical (unpaired) electrons.